The Morgan fingerprint density at radius 2 is 1.92 bits per heavy atom. The van der Waals surface area contributed by atoms with Crippen LogP contribution in [-0.4, -0.2) is 41.0 Å². The van der Waals surface area contributed by atoms with Gasteiger partial charge >= 0.3 is 5.97 Å². The second kappa shape index (κ2) is 7.86. The Balaban J connectivity index is 2.27. The van der Waals surface area contributed by atoms with Crippen molar-refractivity contribution >= 4 is 11.9 Å². The average Bonchev–Trinajstić information content (AvgIpc) is 2.83. The normalized spacial score (nSPS) is 17.9. The third-order valence-electron chi connectivity index (χ3n) is 5.12. The van der Waals surface area contributed by atoms with E-state index in [2.05, 4.69) is 25.3 Å². The van der Waals surface area contributed by atoms with Gasteiger partial charge in [-0.05, 0) is 58.1 Å². The molecule has 134 valence electrons. The fourth-order valence-corrected chi connectivity index (χ4v) is 3.90. The monoisotopic (exact) mass is 334 g/mol. The number of aromatic nitrogens is 1. The molecule has 1 unspecified atom stereocenters. The highest BCUT2D eigenvalue weighted by Crippen LogP contribution is 2.26. The quantitative estimate of drug-likeness (QED) is 0.778. The smallest absolute Gasteiger partial charge is 0.310 e. The summed E-state index contributed by atoms with van der Waals surface area (Å²) in [6, 6.07) is 0. The van der Waals surface area contributed by atoms with Gasteiger partial charge in [0.15, 0.2) is 0 Å². The summed E-state index contributed by atoms with van der Waals surface area (Å²) in [5, 5.41) is 0. The molecule has 0 aromatic carbocycles. The molecule has 1 aliphatic heterocycles. The van der Waals surface area contributed by atoms with Crippen LogP contribution in [0.5, 0.6) is 0 Å². The number of amides is 1. The highest BCUT2D eigenvalue weighted by molar-refractivity contribution is 5.95. The number of rotatable bonds is 5. The van der Waals surface area contributed by atoms with Crippen molar-refractivity contribution in [3.05, 3.63) is 22.5 Å². The van der Waals surface area contributed by atoms with Gasteiger partial charge < -0.3 is 14.2 Å². The zero-order valence-corrected chi connectivity index (χ0v) is 15.6. The first-order valence-corrected chi connectivity index (χ1v) is 9.10. The highest BCUT2D eigenvalue weighted by atomic mass is 16.5. The van der Waals surface area contributed by atoms with Crippen LogP contribution < -0.4 is 0 Å². The van der Waals surface area contributed by atoms with Gasteiger partial charge in [-0.15, -0.1) is 0 Å². The molecule has 1 aromatic rings. The molecule has 1 aromatic heterocycles. The first-order valence-electron chi connectivity index (χ1n) is 9.10. The lowest BCUT2D eigenvalue weighted by Crippen LogP contribution is -2.43. The summed E-state index contributed by atoms with van der Waals surface area (Å²) in [5.74, 6) is -0.325. The second-order valence-electron chi connectivity index (χ2n) is 6.48. The van der Waals surface area contributed by atoms with Crippen molar-refractivity contribution in [3.8, 4) is 0 Å². The van der Waals surface area contributed by atoms with Gasteiger partial charge in [0.05, 0.1) is 12.5 Å². The van der Waals surface area contributed by atoms with Crippen molar-refractivity contribution < 1.29 is 14.3 Å². The van der Waals surface area contributed by atoms with E-state index in [1.807, 2.05) is 18.7 Å². The molecule has 1 amide bonds. The highest BCUT2D eigenvalue weighted by Gasteiger charge is 2.32. The van der Waals surface area contributed by atoms with E-state index < -0.39 is 0 Å². The average molecular weight is 334 g/mol. The van der Waals surface area contributed by atoms with E-state index in [9.17, 15) is 9.59 Å². The van der Waals surface area contributed by atoms with Gasteiger partial charge in [0.2, 0.25) is 0 Å². The molecule has 2 heterocycles. The zero-order chi connectivity index (χ0) is 17.9. The molecular formula is C19H30N2O3. The molecule has 0 bridgehead atoms. The Morgan fingerprint density at radius 1 is 1.21 bits per heavy atom. The molecule has 1 atom stereocenters. The maximum Gasteiger partial charge on any atom is 0.310 e. The van der Waals surface area contributed by atoms with Gasteiger partial charge in [-0.25, -0.2) is 0 Å². The summed E-state index contributed by atoms with van der Waals surface area (Å²) < 4.78 is 7.26. The number of nitrogens with zero attached hydrogens (tertiary/aromatic N) is 2. The van der Waals surface area contributed by atoms with Crippen molar-refractivity contribution in [2.75, 3.05) is 19.7 Å². The topological polar surface area (TPSA) is 51.5 Å². The van der Waals surface area contributed by atoms with Gasteiger partial charge in [0.25, 0.3) is 5.91 Å². The van der Waals surface area contributed by atoms with Crippen LogP contribution in [0.1, 0.15) is 60.9 Å². The minimum atomic E-state index is -0.195. The summed E-state index contributed by atoms with van der Waals surface area (Å²) in [7, 11) is 0. The van der Waals surface area contributed by atoms with Gasteiger partial charge in [0, 0.05) is 25.3 Å². The minimum absolute atomic E-state index is 0.0474. The van der Waals surface area contributed by atoms with Gasteiger partial charge in [-0.1, -0.05) is 6.92 Å². The van der Waals surface area contributed by atoms with Gasteiger partial charge in [-0.2, -0.15) is 0 Å². The molecule has 5 heteroatoms. The van der Waals surface area contributed by atoms with Gasteiger partial charge in [0.1, 0.15) is 5.69 Å². The third kappa shape index (κ3) is 3.35. The molecule has 24 heavy (non-hydrogen) atoms. The number of likely N-dealkylation sites (tertiary alicyclic amines) is 1. The van der Waals surface area contributed by atoms with Gasteiger partial charge in [-0.3, -0.25) is 9.59 Å². The Hall–Kier alpha value is -1.78. The Bertz CT molecular complexity index is 619. The largest absolute Gasteiger partial charge is 0.466 e. The van der Waals surface area contributed by atoms with E-state index in [1.165, 1.54) is 11.3 Å². The number of hydrogen-bond acceptors (Lipinski definition) is 3. The SMILES string of the molecule is CCOC(=O)C1CCCN(C(=O)c2c(C)c(CC)c(C)n2CC)C1. The summed E-state index contributed by atoms with van der Waals surface area (Å²) in [6.07, 6.45) is 2.58. The van der Waals surface area contributed by atoms with E-state index >= 15 is 0 Å². The minimum Gasteiger partial charge on any atom is -0.466 e. The number of carbonyl (C=O) groups excluding carboxylic acids is 2. The molecule has 0 radical (unpaired) electrons. The molecule has 0 N–H and O–H groups in total. The fourth-order valence-electron chi connectivity index (χ4n) is 3.90. The molecule has 5 nitrogen and oxygen atoms in total. The predicted molar refractivity (Wildman–Crippen MR) is 94.2 cm³/mol. The van der Waals surface area contributed by atoms with Crippen LogP contribution in [0.2, 0.25) is 0 Å². The van der Waals surface area contributed by atoms with E-state index in [4.69, 9.17) is 4.74 Å². The molecule has 2 rings (SSSR count). The molecule has 1 saturated heterocycles. The zero-order valence-electron chi connectivity index (χ0n) is 15.6. The van der Waals surface area contributed by atoms with Crippen LogP contribution in [-0.2, 0) is 22.5 Å². The van der Waals surface area contributed by atoms with Crippen molar-refractivity contribution in [2.24, 2.45) is 5.92 Å². The van der Waals surface area contributed by atoms with Crippen LogP contribution in [0.4, 0.5) is 0 Å². The van der Waals surface area contributed by atoms with Crippen LogP contribution >= 0.6 is 0 Å². The number of esters is 1. The maximum atomic E-state index is 13.2. The van der Waals surface area contributed by atoms with E-state index in [0.29, 0.717) is 19.7 Å². The van der Waals surface area contributed by atoms with Crippen LogP contribution in [0.15, 0.2) is 0 Å². The van der Waals surface area contributed by atoms with Crippen molar-refractivity contribution in [1.29, 1.82) is 0 Å². The fraction of sp³-hybridized carbons (Fsp3) is 0.684. The lowest BCUT2D eigenvalue weighted by Gasteiger charge is -2.32. The van der Waals surface area contributed by atoms with E-state index in [-0.39, 0.29) is 17.8 Å². The molecule has 0 spiro atoms. The molecular weight excluding hydrogens is 304 g/mol. The summed E-state index contributed by atoms with van der Waals surface area (Å²) in [4.78, 5) is 27.0. The predicted octanol–water partition coefficient (Wildman–Crippen LogP) is 3.10. The summed E-state index contributed by atoms with van der Waals surface area (Å²) in [5.41, 5.74) is 4.32. The second-order valence-corrected chi connectivity index (χ2v) is 6.48. The number of hydrogen-bond donors (Lipinski definition) is 0. The van der Waals surface area contributed by atoms with Crippen LogP contribution in [0.25, 0.3) is 0 Å². The molecule has 0 aliphatic carbocycles. The number of ether oxygens (including phenoxy) is 1. The van der Waals surface area contributed by atoms with Crippen molar-refractivity contribution in [3.63, 3.8) is 0 Å². The maximum absolute atomic E-state index is 13.2. The van der Waals surface area contributed by atoms with E-state index in [0.717, 1.165) is 37.1 Å². The number of piperidine rings is 1. The summed E-state index contributed by atoms with van der Waals surface area (Å²) >= 11 is 0. The lowest BCUT2D eigenvalue weighted by atomic mass is 9.97. The standard InChI is InChI=1S/C19H30N2O3/c1-6-16-13(4)17(21(7-2)14(16)5)18(22)20-11-9-10-15(12-20)19(23)24-8-3/h15H,6-12H2,1-5H3. The number of carbonyl (C=O) groups is 2. The molecule has 1 aliphatic rings. The van der Waals surface area contributed by atoms with E-state index in [1.54, 1.807) is 0 Å². The first kappa shape index (κ1) is 18.6. The molecule has 0 saturated carbocycles. The third-order valence-corrected chi connectivity index (χ3v) is 5.12. The molecule has 1 fully saturated rings. The van der Waals surface area contributed by atoms with Crippen LogP contribution in [0, 0.1) is 19.8 Å². The van der Waals surface area contributed by atoms with Crippen molar-refractivity contribution in [2.45, 2.75) is 60.4 Å². The first-order chi connectivity index (χ1) is 11.5. The lowest BCUT2D eigenvalue weighted by molar-refractivity contribution is -0.149. The Labute approximate surface area is 145 Å². The van der Waals surface area contributed by atoms with Crippen LogP contribution in [0.3, 0.4) is 0 Å². The van der Waals surface area contributed by atoms with Crippen molar-refractivity contribution in [1.82, 2.24) is 9.47 Å². The Kier molecular flexibility index (Phi) is 6.08. The Morgan fingerprint density at radius 3 is 2.50 bits per heavy atom. The summed E-state index contributed by atoms with van der Waals surface area (Å²) in [6.45, 7) is 12.5.